The Morgan fingerprint density at radius 2 is 1.62 bits per heavy atom. The van der Waals surface area contributed by atoms with E-state index in [0.29, 0.717) is 0 Å². The molecule has 1 aromatic heterocycles. The van der Waals surface area contributed by atoms with Gasteiger partial charge in [-0.15, -0.1) is 0 Å². The predicted molar refractivity (Wildman–Crippen MR) is 156 cm³/mol. The lowest BCUT2D eigenvalue weighted by atomic mass is 9.99. The van der Waals surface area contributed by atoms with Gasteiger partial charge < -0.3 is 64.2 Å². The van der Waals surface area contributed by atoms with E-state index in [1.54, 1.807) is 6.08 Å². The first-order valence-corrected chi connectivity index (χ1v) is 14.2. The Morgan fingerprint density at radius 1 is 0.933 bits per heavy atom. The summed E-state index contributed by atoms with van der Waals surface area (Å²) in [6.07, 6.45) is -12.0. The Labute approximate surface area is 256 Å². The molecule has 0 radical (unpaired) electrons. The van der Waals surface area contributed by atoms with Crippen LogP contribution in [0, 0.1) is 0 Å². The molecule has 2 aliphatic heterocycles. The van der Waals surface area contributed by atoms with Crippen LogP contribution in [0.3, 0.4) is 0 Å². The van der Waals surface area contributed by atoms with Crippen LogP contribution in [0.4, 0.5) is 0 Å². The number of hydrogen-bond acceptors (Lipinski definition) is 14. The number of phenols is 3. The SMILES string of the molecule is CC(C)=CCc1c(O)cc(O)c2c(=O)c(O[C@@H]3OC[C@@H](O)[C@H](O)[C@H]3O[C@@H]3O[C@H](C)[C@H](O)[C@@H](O)[C@H]3O)c(-c3ccc(O)cc3)oc12. The van der Waals surface area contributed by atoms with E-state index in [-0.39, 0.29) is 45.8 Å². The van der Waals surface area contributed by atoms with Crippen molar-refractivity contribution in [2.45, 2.75) is 82.5 Å². The second kappa shape index (κ2) is 12.9. The number of fused-ring (bicyclic) bond motifs is 1. The van der Waals surface area contributed by atoms with E-state index in [1.165, 1.54) is 31.2 Å². The minimum atomic E-state index is -1.77. The number of rotatable bonds is 7. The highest BCUT2D eigenvalue weighted by atomic mass is 16.8. The van der Waals surface area contributed by atoms with Crippen LogP contribution in [0.5, 0.6) is 23.0 Å². The van der Waals surface area contributed by atoms with Crippen LogP contribution in [-0.4, -0.2) is 103 Å². The molecule has 3 heterocycles. The van der Waals surface area contributed by atoms with Crippen molar-refractivity contribution in [2.24, 2.45) is 0 Å². The standard InChI is InChI=1S/C31H36O14/c1-12(2)4-9-16-17(33)10-18(34)20-23(38)28(26(43-27(16)20)14-5-7-15(32)8-6-14)44-31-29(22(37)19(35)11-41-31)45-30-25(40)24(39)21(36)13(3)42-30/h4-8,10,13,19,21-22,24-25,29-37,39-40H,9,11H2,1-3H3/t13-,19-,21+,22+,24-,25-,29-,30+,31+/m1/s1. The van der Waals surface area contributed by atoms with E-state index in [4.69, 9.17) is 23.4 Å². The molecule has 8 N–H and O–H groups in total. The van der Waals surface area contributed by atoms with Gasteiger partial charge in [-0.2, -0.15) is 0 Å². The van der Waals surface area contributed by atoms with Crippen molar-refractivity contribution in [1.29, 1.82) is 0 Å². The number of aromatic hydroxyl groups is 3. The van der Waals surface area contributed by atoms with Gasteiger partial charge in [0.25, 0.3) is 0 Å². The van der Waals surface area contributed by atoms with Crippen molar-refractivity contribution in [2.75, 3.05) is 6.61 Å². The lowest BCUT2D eigenvalue weighted by Gasteiger charge is -2.43. The Kier molecular flexibility index (Phi) is 9.39. The Balaban J connectivity index is 1.63. The summed E-state index contributed by atoms with van der Waals surface area (Å²) in [6, 6.07) is 6.53. The van der Waals surface area contributed by atoms with Crippen LogP contribution in [0.2, 0.25) is 0 Å². The number of phenolic OH excluding ortho intramolecular Hbond substituents is 3. The molecule has 0 saturated carbocycles. The summed E-state index contributed by atoms with van der Waals surface area (Å²) >= 11 is 0. The average molecular weight is 633 g/mol. The van der Waals surface area contributed by atoms with E-state index >= 15 is 0 Å². The fraction of sp³-hybridized carbons (Fsp3) is 0.452. The predicted octanol–water partition coefficient (Wildman–Crippen LogP) is 0.755. The van der Waals surface area contributed by atoms with Gasteiger partial charge in [-0.25, -0.2) is 0 Å². The molecule has 0 unspecified atom stereocenters. The van der Waals surface area contributed by atoms with Gasteiger partial charge in [0.2, 0.25) is 17.5 Å². The maximum absolute atomic E-state index is 14.1. The highest BCUT2D eigenvalue weighted by Crippen LogP contribution is 2.40. The molecule has 45 heavy (non-hydrogen) atoms. The zero-order chi connectivity index (χ0) is 32.7. The number of aliphatic hydroxyl groups excluding tert-OH is 5. The van der Waals surface area contributed by atoms with Gasteiger partial charge in [-0.1, -0.05) is 11.6 Å². The molecule has 5 rings (SSSR count). The van der Waals surface area contributed by atoms with Gasteiger partial charge in [0.15, 0.2) is 18.2 Å². The first kappa shape index (κ1) is 32.7. The summed E-state index contributed by atoms with van der Waals surface area (Å²) in [7, 11) is 0. The minimum absolute atomic E-state index is 0.0855. The molecule has 2 fully saturated rings. The van der Waals surface area contributed by atoms with Crippen molar-refractivity contribution in [3.63, 3.8) is 0 Å². The third kappa shape index (κ3) is 6.36. The van der Waals surface area contributed by atoms with Gasteiger partial charge in [-0.3, -0.25) is 4.79 Å². The molecular formula is C31H36O14. The lowest BCUT2D eigenvalue weighted by molar-refractivity contribution is -0.344. The topological polar surface area (TPSA) is 229 Å². The summed E-state index contributed by atoms with van der Waals surface area (Å²) in [4.78, 5) is 14.1. The molecule has 2 saturated heterocycles. The molecule has 0 amide bonds. The summed E-state index contributed by atoms with van der Waals surface area (Å²) in [5.41, 5.74) is 0.350. The molecule has 0 bridgehead atoms. The van der Waals surface area contributed by atoms with E-state index < -0.39 is 78.8 Å². The monoisotopic (exact) mass is 632 g/mol. The van der Waals surface area contributed by atoms with Crippen LogP contribution < -0.4 is 10.2 Å². The number of benzene rings is 2. The van der Waals surface area contributed by atoms with Gasteiger partial charge in [0.05, 0.1) is 12.7 Å². The highest BCUT2D eigenvalue weighted by Gasteiger charge is 2.48. The number of allylic oxidation sites excluding steroid dienone is 2. The summed E-state index contributed by atoms with van der Waals surface area (Å²) in [5.74, 6) is -1.72. The Bertz CT molecular complexity index is 1610. The molecule has 9 atom stereocenters. The Morgan fingerprint density at radius 3 is 2.29 bits per heavy atom. The van der Waals surface area contributed by atoms with Gasteiger partial charge >= 0.3 is 0 Å². The van der Waals surface area contributed by atoms with Crippen molar-refractivity contribution in [3.8, 4) is 34.3 Å². The molecule has 0 aliphatic carbocycles. The van der Waals surface area contributed by atoms with Crippen LogP contribution >= 0.6 is 0 Å². The normalized spacial score (nSPS) is 30.3. The lowest BCUT2D eigenvalue weighted by Crippen LogP contribution is -2.62. The third-order valence-electron chi connectivity index (χ3n) is 7.79. The van der Waals surface area contributed by atoms with Crippen molar-refractivity contribution >= 4 is 11.0 Å². The zero-order valence-corrected chi connectivity index (χ0v) is 24.6. The fourth-order valence-electron chi connectivity index (χ4n) is 5.19. The summed E-state index contributed by atoms with van der Waals surface area (Å²) < 4.78 is 29.0. The van der Waals surface area contributed by atoms with Crippen LogP contribution in [0.15, 0.2) is 51.2 Å². The first-order chi connectivity index (χ1) is 21.3. The van der Waals surface area contributed by atoms with Gasteiger partial charge in [0.1, 0.15) is 58.7 Å². The van der Waals surface area contributed by atoms with Crippen LogP contribution in [0.1, 0.15) is 26.3 Å². The molecule has 2 aromatic carbocycles. The quantitative estimate of drug-likeness (QED) is 0.168. The Hall–Kier alpha value is -3.73. The van der Waals surface area contributed by atoms with Crippen LogP contribution in [0.25, 0.3) is 22.3 Å². The van der Waals surface area contributed by atoms with E-state index in [2.05, 4.69) is 0 Å². The van der Waals surface area contributed by atoms with Crippen molar-refractivity contribution < 1.29 is 64.2 Å². The van der Waals surface area contributed by atoms with E-state index in [9.17, 15) is 45.6 Å². The number of aliphatic hydroxyl groups is 5. The molecule has 14 heteroatoms. The smallest absolute Gasteiger partial charge is 0.239 e. The summed E-state index contributed by atoms with van der Waals surface area (Å²) in [6.45, 7) is 4.65. The van der Waals surface area contributed by atoms with Gasteiger partial charge in [-0.05, 0) is 51.5 Å². The maximum atomic E-state index is 14.1. The molecule has 2 aliphatic rings. The second-order valence-corrected chi connectivity index (χ2v) is 11.4. The molecule has 0 spiro atoms. The fourth-order valence-corrected chi connectivity index (χ4v) is 5.19. The second-order valence-electron chi connectivity index (χ2n) is 11.4. The average Bonchev–Trinajstić information content (AvgIpc) is 2.99. The highest BCUT2D eigenvalue weighted by molar-refractivity contribution is 5.91. The van der Waals surface area contributed by atoms with E-state index in [1.807, 2.05) is 13.8 Å². The molecular weight excluding hydrogens is 596 g/mol. The first-order valence-electron chi connectivity index (χ1n) is 14.2. The molecule has 244 valence electrons. The molecule has 14 nitrogen and oxygen atoms in total. The van der Waals surface area contributed by atoms with Crippen molar-refractivity contribution in [1.82, 2.24) is 0 Å². The zero-order valence-electron chi connectivity index (χ0n) is 24.6. The summed E-state index contributed by atoms with van der Waals surface area (Å²) in [5, 5.41) is 83.0. The van der Waals surface area contributed by atoms with Gasteiger partial charge in [0, 0.05) is 17.2 Å². The molecule has 3 aromatic rings. The number of hydrogen-bond donors (Lipinski definition) is 8. The third-order valence-corrected chi connectivity index (χ3v) is 7.79. The minimum Gasteiger partial charge on any atom is -0.508 e. The largest absolute Gasteiger partial charge is 0.508 e. The van der Waals surface area contributed by atoms with Crippen LogP contribution in [-0.2, 0) is 20.6 Å². The maximum Gasteiger partial charge on any atom is 0.239 e. The van der Waals surface area contributed by atoms with Crippen molar-refractivity contribution in [3.05, 3.63) is 57.8 Å². The van der Waals surface area contributed by atoms with E-state index in [0.717, 1.165) is 11.6 Å². The number of ether oxygens (including phenoxy) is 4.